The first kappa shape index (κ1) is 33.0. The number of hydrogen-bond donors (Lipinski definition) is 1. The Balaban J connectivity index is 1.75. The zero-order valence-corrected chi connectivity index (χ0v) is 28.4. The van der Waals surface area contributed by atoms with Crippen molar-refractivity contribution in [3.63, 3.8) is 0 Å². The van der Waals surface area contributed by atoms with Gasteiger partial charge in [-0.2, -0.15) is 0 Å². The molecule has 1 aromatic heterocycles. The molecule has 4 rings (SSSR count). The van der Waals surface area contributed by atoms with E-state index in [1.807, 2.05) is 37.3 Å². The summed E-state index contributed by atoms with van der Waals surface area (Å²) in [7, 11) is -5.78. The molecule has 1 unspecified atom stereocenters. The molecule has 0 bridgehead atoms. The van der Waals surface area contributed by atoms with E-state index in [4.69, 9.17) is 27.2 Å². The van der Waals surface area contributed by atoms with Crippen molar-refractivity contribution in [2.75, 3.05) is 6.61 Å². The minimum absolute atomic E-state index is 0.103. The van der Waals surface area contributed by atoms with Crippen LogP contribution >= 0.6 is 0 Å². The molecular formula is C30H48N2O8Si2. The number of aromatic nitrogens is 2. The lowest BCUT2D eigenvalue weighted by Crippen LogP contribution is -2.66. The average Bonchev–Trinajstić information content (AvgIpc) is 3.22. The van der Waals surface area contributed by atoms with Crippen molar-refractivity contribution in [1.82, 2.24) is 9.55 Å². The Kier molecular flexibility index (Phi) is 10.5. The third-order valence-electron chi connectivity index (χ3n) is 8.42. The minimum Gasteiger partial charge on any atom is -0.414 e. The Bertz CT molecular complexity index is 1270. The van der Waals surface area contributed by atoms with E-state index in [-0.39, 0.29) is 28.8 Å². The lowest BCUT2D eigenvalue weighted by Gasteiger charge is -2.51. The molecule has 0 spiro atoms. The molecule has 10 nitrogen and oxygen atoms in total. The quantitative estimate of drug-likeness (QED) is 0.280. The van der Waals surface area contributed by atoms with Crippen molar-refractivity contribution in [1.29, 1.82) is 0 Å². The van der Waals surface area contributed by atoms with Gasteiger partial charge in [-0.25, -0.2) is 4.79 Å². The zero-order valence-electron chi connectivity index (χ0n) is 26.4. The molecule has 2 aliphatic rings. The van der Waals surface area contributed by atoms with E-state index in [1.165, 1.54) is 16.8 Å². The first-order chi connectivity index (χ1) is 19.8. The molecule has 12 heteroatoms. The Labute approximate surface area is 251 Å². The van der Waals surface area contributed by atoms with Crippen LogP contribution in [0.3, 0.4) is 0 Å². The van der Waals surface area contributed by atoms with Crippen LogP contribution in [-0.4, -0.2) is 57.9 Å². The number of hydrogen-bond acceptors (Lipinski definition) is 8. The second-order valence-corrected chi connectivity index (χ2v) is 21.4. The standard InChI is InChI=1S/C30H48N2O8Si2/c1-19(2)41(20(3)4)36-18-25-27(39-42(40-41,21(5)6)22(7)8)28(29(38-25)32-16-15-26(33)31-30(32)34)37-23(9)35-17-24-13-11-10-12-14-24/h10-16,19-23,25,27-29H,17-18H2,1-9H3,(H,31,33,34)/t23?,25-,27-,28-,29-/m1/s1. The molecule has 0 aliphatic carbocycles. The maximum absolute atomic E-state index is 13.0. The van der Waals surface area contributed by atoms with E-state index in [9.17, 15) is 9.59 Å². The number of rotatable bonds is 10. The van der Waals surface area contributed by atoms with Gasteiger partial charge in [-0.05, 0) is 34.7 Å². The van der Waals surface area contributed by atoms with Crippen LogP contribution in [0.4, 0.5) is 0 Å². The molecule has 2 saturated heterocycles. The summed E-state index contributed by atoms with van der Waals surface area (Å²) in [5.41, 5.74) is 0.508. The molecule has 0 radical (unpaired) electrons. The fourth-order valence-electron chi connectivity index (χ4n) is 6.17. The number of H-pyrrole nitrogens is 1. The van der Waals surface area contributed by atoms with Crippen molar-refractivity contribution in [2.24, 2.45) is 0 Å². The van der Waals surface area contributed by atoms with Crippen LogP contribution in [0.5, 0.6) is 0 Å². The first-order valence-electron chi connectivity index (χ1n) is 15.1. The summed E-state index contributed by atoms with van der Waals surface area (Å²) in [6, 6.07) is 11.1. The summed E-state index contributed by atoms with van der Waals surface area (Å²) in [5.74, 6) is 0. The fraction of sp³-hybridized carbons (Fsp3) is 0.667. The molecule has 1 aromatic carbocycles. The molecule has 42 heavy (non-hydrogen) atoms. The highest BCUT2D eigenvalue weighted by atomic mass is 28.5. The first-order valence-corrected chi connectivity index (χ1v) is 19.0. The van der Waals surface area contributed by atoms with Gasteiger partial charge >= 0.3 is 22.8 Å². The highest BCUT2D eigenvalue weighted by Gasteiger charge is 2.62. The average molecular weight is 621 g/mol. The molecule has 2 aromatic rings. The second kappa shape index (κ2) is 13.4. The van der Waals surface area contributed by atoms with Gasteiger partial charge in [0.1, 0.15) is 18.3 Å². The molecule has 0 saturated carbocycles. The smallest absolute Gasteiger partial charge is 0.335 e. The Hall–Kier alpha value is -1.91. The van der Waals surface area contributed by atoms with E-state index >= 15 is 0 Å². The minimum atomic E-state index is -2.99. The van der Waals surface area contributed by atoms with Crippen LogP contribution < -0.4 is 11.2 Å². The van der Waals surface area contributed by atoms with Crippen molar-refractivity contribution in [2.45, 2.75) is 122 Å². The zero-order chi connectivity index (χ0) is 30.8. The molecule has 2 fully saturated rings. The Morgan fingerprint density at radius 1 is 0.905 bits per heavy atom. The van der Waals surface area contributed by atoms with E-state index in [1.54, 1.807) is 0 Å². The van der Waals surface area contributed by atoms with E-state index in [0.717, 1.165) is 5.56 Å². The number of nitrogens with one attached hydrogen (secondary N) is 1. The largest absolute Gasteiger partial charge is 0.414 e. The summed E-state index contributed by atoms with van der Waals surface area (Å²) in [6.45, 7) is 19.7. The van der Waals surface area contributed by atoms with Crippen molar-refractivity contribution < 1.29 is 27.2 Å². The van der Waals surface area contributed by atoms with Gasteiger partial charge in [0.15, 0.2) is 12.5 Å². The molecule has 234 valence electrons. The van der Waals surface area contributed by atoms with Gasteiger partial charge in [0.2, 0.25) is 0 Å². The van der Waals surface area contributed by atoms with Gasteiger partial charge in [0, 0.05) is 12.3 Å². The van der Waals surface area contributed by atoms with Crippen LogP contribution in [0.2, 0.25) is 22.2 Å². The third-order valence-corrected chi connectivity index (χ3v) is 18.7. The summed E-state index contributed by atoms with van der Waals surface area (Å²) < 4.78 is 42.0. The van der Waals surface area contributed by atoms with Gasteiger partial charge < -0.3 is 27.2 Å². The van der Waals surface area contributed by atoms with Crippen molar-refractivity contribution in [3.8, 4) is 0 Å². The summed E-state index contributed by atoms with van der Waals surface area (Å²) >= 11 is 0. The van der Waals surface area contributed by atoms with E-state index in [0.29, 0.717) is 6.61 Å². The highest BCUT2D eigenvalue weighted by molar-refractivity contribution is 6.84. The van der Waals surface area contributed by atoms with Crippen LogP contribution in [0, 0.1) is 0 Å². The Morgan fingerprint density at radius 3 is 2.10 bits per heavy atom. The van der Waals surface area contributed by atoms with Gasteiger partial charge in [-0.1, -0.05) is 85.7 Å². The van der Waals surface area contributed by atoms with Crippen LogP contribution in [0.1, 0.15) is 74.1 Å². The van der Waals surface area contributed by atoms with E-state index < -0.39 is 59.2 Å². The predicted octanol–water partition coefficient (Wildman–Crippen LogP) is 5.34. The fourth-order valence-corrected chi connectivity index (χ4v) is 17.4. The monoisotopic (exact) mass is 620 g/mol. The molecular weight excluding hydrogens is 573 g/mol. The van der Waals surface area contributed by atoms with E-state index in [2.05, 4.69) is 60.4 Å². The predicted molar refractivity (Wildman–Crippen MR) is 165 cm³/mol. The molecule has 2 aliphatic heterocycles. The summed E-state index contributed by atoms with van der Waals surface area (Å²) in [6.07, 6.45) is -1.96. The Morgan fingerprint density at radius 2 is 1.52 bits per heavy atom. The molecule has 1 N–H and O–H groups in total. The second-order valence-electron chi connectivity index (χ2n) is 12.6. The maximum atomic E-state index is 13.0. The van der Waals surface area contributed by atoms with Crippen molar-refractivity contribution in [3.05, 3.63) is 69.0 Å². The van der Waals surface area contributed by atoms with Crippen molar-refractivity contribution >= 4 is 17.1 Å². The lowest BCUT2D eigenvalue weighted by atomic mass is 10.1. The number of nitrogens with zero attached hydrogens (tertiary/aromatic N) is 1. The number of aromatic amines is 1. The molecule has 0 amide bonds. The third kappa shape index (κ3) is 6.60. The number of fused-ring (bicyclic) bond motifs is 1. The topological polar surface area (TPSA) is 110 Å². The molecule has 3 heterocycles. The number of benzene rings is 1. The normalized spacial score (nSPS) is 26.4. The van der Waals surface area contributed by atoms with Crippen LogP contribution in [-0.2, 0) is 33.8 Å². The summed E-state index contributed by atoms with van der Waals surface area (Å²) in [5, 5.41) is 0. The summed E-state index contributed by atoms with van der Waals surface area (Å²) in [4.78, 5) is 27.2. The van der Waals surface area contributed by atoms with Crippen LogP contribution in [0.15, 0.2) is 52.2 Å². The van der Waals surface area contributed by atoms with Gasteiger partial charge in [0.25, 0.3) is 5.56 Å². The lowest BCUT2D eigenvalue weighted by molar-refractivity contribution is -0.198. The van der Waals surface area contributed by atoms with Gasteiger partial charge in [-0.3, -0.25) is 14.3 Å². The number of ether oxygens (including phenoxy) is 3. The van der Waals surface area contributed by atoms with Crippen LogP contribution in [0.25, 0.3) is 0 Å². The highest BCUT2D eigenvalue weighted by Crippen LogP contribution is 2.48. The maximum Gasteiger partial charge on any atom is 0.335 e. The van der Waals surface area contributed by atoms with Gasteiger partial charge in [0.05, 0.1) is 13.2 Å². The van der Waals surface area contributed by atoms with Gasteiger partial charge in [-0.15, -0.1) is 0 Å². The SMILES string of the molecule is CC(OCc1ccccc1)O[C@@H]1[C@@H]2O[Si](C(C)C)(C(C)C)O[Si](C(C)C)(C(C)C)OC[C@H]2O[C@H]1n1ccc(=O)[nH]c1=O. The molecule has 5 atom stereocenters.